The maximum atomic E-state index is 12.7. The second-order valence-corrected chi connectivity index (χ2v) is 14.9. The zero-order chi connectivity index (χ0) is 37.8. The molecule has 2 unspecified atom stereocenters. The number of carboxylic acid groups (broad SMARTS) is 1. The molecule has 0 fully saturated rings. The van der Waals surface area contributed by atoms with Crippen molar-refractivity contribution in [3.63, 3.8) is 0 Å². The van der Waals surface area contributed by atoms with Gasteiger partial charge in [-0.25, -0.2) is 4.79 Å². The van der Waals surface area contributed by atoms with Crippen LogP contribution in [0.5, 0.6) is 0 Å². The van der Waals surface area contributed by atoms with E-state index in [4.69, 9.17) is 14.2 Å². The smallest absolute Gasteiger partial charge is 0.362 e. The molecule has 0 amide bonds. The summed E-state index contributed by atoms with van der Waals surface area (Å²) < 4.78 is 17.2. The Morgan fingerprint density at radius 1 is 0.608 bits per heavy atom. The summed E-state index contributed by atoms with van der Waals surface area (Å²) in [6.45, 7) is 4.59. The molecule has 296 valence electrons. The average molecular weight is 721 g/mol. The number of hydrogen-bond donors (Lipinski definition) is 1. The zero-order valence-electron chi connectivity index (χ0n) is 33.6. The second kappa shape index (κ2) is 34.6. The van der Waals surface area contributed by atoms with E-state index in [0.29, 0.717) is 19.3 Å². The van der Waals surface area contributed by atoms with Crippen molar-refractivity contribution in [1.29, 1.82) is 0 Å². The molecule has 1 N–H and O–H groups in total. The summed E-state index contributed by atoms with van der Waals surface area (Å²) in [4.78, 5) is 36.8. The molecular weight excluding hydrogens is 642 g/mol. The van der Waals surface area contributed by atoms with Gasteiger partial charge in [0, 0.05) is 19.3 Å². The number of carbonyl (C=O) groups excluding carboxylic acids is 2. The molecule has 0 spiro atoms. The van der Waals surface area contributed by atoms with Crippen LogP contribution in [-0.2, 0) is 28.6 Å². The van der Waals surface area contributed by atoms with Crippen molar-refractivity contribution in [2.45, 2.75) is 180 Å². The third kappa shape index (κ3) is 33.2. The molecule has 8 nitrogen and oxygen atoms in total. The summed E-state index contributed by atoms with van der Waals surface area (Å²) in [5, 5.41) is 9.59. The van der Waals surface area contributed by atoms with E-state index in [-0.39, 0.29) is 36.2 Å². The Morgan fingerprint density at radius 3 is 1.63 bits per heavy atom. The Kier molecular flexibility index (Phi) is 33.0. The summed E-state index contributed by atoms with van der Waals surface area (Å²) in [5.74, 6) is -1.49. The van der Waals surface area contributed by atoms with E-state index in [1.54, 1.807) is 0 Å². The first-order chi connectivity index (χ1) is 24.6. The molecular formula is C43H78NO7+. The van der Waals surface area contributed by atoms with Gasteiger partial charge in [0.05, 0.1) is 34.4 Å². The van der Waals surface area contributed by atoms with Crippen molar-refractivity contribution < 1.29 is 38.2 Å². The van der Waals surface area contributed by atoms with Gasteiger partial charge in [0.1, 0.15) is 6.61 Å². The van der Waals surface area contributed by atoms with E-state index >= 15 is 0 Å². The molecule has 0 aromatic heterocycles. The van der Waals surface area contributed by atoms with Crippen molar-refractivity contribution in [1.82, 2.24) is 0 Å². The Morgan fingerprint density at radius 2 is 1.10 bits per heavy atom. The summed E-state index contributed by atoms with van der Waals surface area (Å²) in [7, 11) is 5.51. The predicted octanol–water partition coefficient (Wildman–Crippen LogP) is 10.7. The fourth-order valence-corrected chi connectivity index (χ4v) is 5.87. The van der Waals surface area contributed by atoms with Crippen LogP contribution in [0.2, 0.25) is 0 Å². The van der Waals surface area contributed by atoms with Gasteiger partial charge in [-0.2, -0.15) is 0 Å². The zero-order valence-corrected chi connectivity index (χ0v) is 33.6. The minimum Gasteiger partial charge on any atom is -0.477 e. The van der Waals surface area contributed by atoms with Crippen molar-refractivity contribution in [3.8, 4) is 0 Å². The number of quaternary nitrogens is 1. The third-order valence-electron chi connectivity index (χ3n) is 9.05. The Labute approximate surface area is 313 Å². The van der Waals surface area contributed by atoms with E-state index in [2.05, 4.69) is 50.3 Å². The highest BCUT2D eigenvalue weighted by Crippen LogP contribution is 2.14. The Bertz CT molecular complexity index is 937. The molecule has 0 aliphatic heterocycles. The van der Waals surface area contributed by atoms with Crippen LogP contribution in [-0.4, -0.2) is 80.6 Å². The van der Waals surface area contributed by atoms with E-state index < -0.39 is 18.1 Å². The van der Waals surface area contributed by atoms with Crippen molar-refractivity contribution in [2.75, 3.05) is 41.0 Å². The molecule has 8 heteroatoms. The van der Waals surface area contributed by atoms with E-state index in [9.17, 15) is 19.5 Å². The molecule has 0 aromatic carbocycles. The number of nitrogens with zero attached hydrogens (tertiary/aromatic N) is 1. The van der Waals surface area contributed by atoms with Crippen LogP contribution in [0, 0.1) is 0 Å². The number of carbonyl (C=O) groups is 3. The molecule has 0 saturated carbocycles. The van der Waals surface area contributed by atoms with Crippen LogP contribution in [0.1, 0.15) is 168 Å². The lowest BCUT2D eigenvalue weighted by atomic mass is 10.0. The Hall–Kier alpha value is -2.45. The Balaban J connectivity index is 4.42. The quantitative estimate of drug-likeness (QED) is 0.0298. The second-order valence-electron chi connectivity index (χ2n) is 14.9. The number of rotatable bonds is 36. The third-order valence-corrected chi connectivity index (χ3v) is 9.05. The van der Waals surface area contributed by atoms with Gasteiger partial charge in [-0.15, -0.1) is 0 Å². The van der Waals surface area contributed by atoms with Gasteiger partial charge in [-0.1, -0.05) is 140 Å². The van der Waals surface area contributed by atoms with Crippen LogP contribution >= 0.6 is 0 Å². The normalized spacial score (nSPS) is 13.4. The number of likely N-dealkylation sites (N-methyl/N-ethyl adjacent to an activating group) is 1. The van der Waals surface area contributed by atoms with E-state index in [1.165, 1.54) is 64.2 Å². The molecule has 0 radical (unpaired) electrons. The van der Waals surface area contributed by atoms with Crippen LogP contribution in [0.25, 0.3) is 0 Å². The molecule has 0 rings (SSSR count). The maximum absolute atomic E-state index is 12.7. The fraction of sp³-hybridized carbons (Fsp3) is 0.791. The molecule has 0 bridgehead atoms. The highest BCUT2D eigenvalue weighted by molar-refractivity contribution is 5.72. The van der Waals surface area contributed by atoms with E-state index in [1.807, 2.05) is 21.1 Å². The molecule has 2 atom stereocenters. The number of esters is 2. The summed E-state index contributed by atoms with van der Waals surface area (Å²) in [6.07, 6.45) is 37.5. The van der Waals surface area contributed by atoms with Gasteiger partial charge >= 0.3 is 17.9 Å². The number of hydrogen-bond acceptors (Lipinski definition) is 6. The first-order valence-electron chi connectivity index (χ1n) is 20.5. The van der Waals surface area contributed by atoms with Crippen LogP contribution in [0.15, 0.2) is 36.5 Å². The molecule has 0 aliphatic carbocycles. The monoisotopic (exact) mass is 721 g/mol. The lowest BCUT2D eigenvalue weighted by Crippen LogP contribution is -2.50. The summed E-state index contributed by atoms with van der Waals surface area (Å²) >= 11 is 0. The molecule has 51 heavy (non-hydrogen) atoms. The minimum absolute atomic E-state index is 0.0538. The number of aliphatic carboxylic acids is 1. The number of unbranched alkanes of at least 4 members (excludes halogenated alkanes) is 16. The lowest BCUT2D eigenvalue weighted by Gasteiger charge is -2.31. The van der Waals surface area contributed by atoms with Crippen molar-refractivity contribution in [2.24, 2.45) is 0 Å². The minimum atomic E-state index is -0.879. The largest absolute Gasteiger partial charge is 0.477 e. The lowest BCUT2D eigenvalue weighted by molar-refractivity contribution is -0.887. The molecule has 0 heterocycles. The standard InChI is InChI=1S/C43H77NO7/c1-6-8-10-12-14-16-18-20-22-24-26-28-30-32-34-42(46)51-39(37-49-36-35-40(43(47)48)44(3,4)5)38-50-41(45)33-31-29-27-25-23-21-19-17-15-13-11-9-7-2/h8,10,14,16,20,22,39-40H,6-7,9,11-13,15,17-19,21,23-38H2,1-5H3/p+1/b10-8+,16-14+,22-20+. The van der Waals surface area contributed by atoms with Gasteiger partial charge < -0.3 is 23.8 Å². The van der Waals surface area contributed by atoms with Gasteiger partial charge in [0.2, 0.25) is 0 Å². The first-order valence-corrected chi connectivity index (χ1v) is 20.5. The van der Waals surface area contributed by atoms with Crippen LogP contribution in [0.4, 0.5) is 0 Å². The number of allylic oxidation sites excluding steroid dienone is 6. The van der Waals surface area contributed by atoms with Crippen molar-refractivity contribution >= 4 is 17.9 Å². The average Bonchev–Trinajstić information content (AvgIpc) is 3.08. The van der Waals surface area contributed by atoms with Crippen molar-refractivity contribution in [3.05, 3.63) is 36.5 Å². The highest BCUT2D eigenvalue weighted by atomic mass is 16.6. The highest BCUT2D eigenvalue weighted by Gasteiger charge is 2.31. The molecule has 0 aliphatic rings. The maximum Gasteiger partial charge on any atom is 0.362 e. The number of ether oxygens (including phenoxy) is 3. The summed E-state index contributed by atoms with van der Waals surface area (Å²) in [5.41, 5.74) is 0. The molecule has 0 aromatic rings. The molecule has 0 saturated heterocycles. The van der Waals surface area contributed by atoms with Gasteiger partial charge in [0.25, 0.3) is 0 Å². The van der Waals surface area contributed by atoms with Gasteiger partial charge in [-0.05, 0) is 44.9 Å². The number of carboxylic acids is 1. The topological polar surface area (TPSA) is 99.1 Å². The van der Waals surface area contributed by atoms with E-state index in [0.717, 1.165) is 70.6 Å². The van der Waals surface area contributed by atoms with Gasteiger partial charge in [-0.3, -0.25) is 9.59 Å². The predicted molar refractivity (Wildman–Crippen MR) is 211 cm³/mol. The fourth-order valence-electron chi connectivity index (χ4n) is 5.87. The van der Waals surface area contributed by atoms with Gasteiger partial charge in [0.15, 0.2) is 12.1 Å². The SMILES string of the molecule is CC/C=C/C/C=C/C/C=C/CCCCCCC(=O)OC(COCCC(C(=O)O)[N+](C)(C)C)COC(=O)CCCCCCCCCCCCCCC. The van der Waals surface area contributed by atoms with Crippen LogP contribution in [0.3, 0.4) is 0 Å². The van der Waals surface area contributed by atoms with Crippen LogP contribution < -0.4 is 0 Å². The summed E-state index contributed by atoms with van der Waals surface area (Å²) in [6, 6.07) is -0.616. The first kappa shape index (κ1) is 48.5.